The van der Waals surface area contributed by atoms with Crippen LogP contribution in [-0.2, 0) is 4.74 Å². The molecule has 1 fully saturated rings. The molecule has 2 atom stereocenters. The lowest BCUT2D eigenvalue weighted by Gasteiger charge is -2.19. The molecule has 0 amide bonds. The molecule has 2 rings (SSSR count). The van der Waals surface area contributed by atoms with Crippen LogP contribution >= 0.6 is 11.3 Å². The van der Waals surface area contributed by atoms with Crippen molar-refractivity contribution >= 4 is 11.3 Å². The lowest BCUT2D eigenvalue weighted by Crippen LogP contribution is -2.22. The third-order valence-electron chi connectivity index (χ3n) is 3.62. The van der Waals surface area contributed by atoms with Gasteiger partial charge in [-0.2, -0.15) is 0 Å². The van der Waals surface area contributed by atoms with Crippen LogP contribution in [0.4, 0.5) is 0 Å². The Kier molecular flexibility index (Phi) is 6.14. The van der Waals surface area contributed by atoms with Gasteiger partial charge in [0.05, 0.1) is 13.2 Å². The van der Waals surface area contributed by atoms with Gasteiger partial charge in [0, 0.05) is 22.9 Å². The molecule has 1 N–H and O–H groups in total. The molecule has 19 heavy (non-hydrogen) atoms. The van der Waals surface area contributed by atoms with Gasteiger partial charge < -0.3 is 14.8 Å². The molecule has 108 valence electrons. The zero-order valence-corrected chi connectivity index (χ0v) is 12.8. The Morgan fingerprint density at radius 3 is 3.11 bits per heavy atom. The lowest BCUT2D eigenvalue weighted by molar-refractivity contribution is 0.0997. The second-order valence-corrected chi connectivity index (χ2v) is 6.05. The van der Waals surface area contributed by atoms with Crippen molar-refractivity contribution in [1.82, 2.24) is 5.32 Å². The van der Waals surface area contributed by atoms with Gasteiger partial charge in [0.15, 0.2) is 0 Å². The van der Waals surface area contributed by atoms with Gasteiger partial charge in [0.1, 0.15) is 5.75 Å². The number of methoxy groups -OCH3 is 1. The Balaban J connectivity index is 1.89. The summed E-state index contributed by atoms with van der Waals surface area (Å²) in [6.07, 6.45) is 6.40. The minimum Gasteiger partial charge on any atom is -0.496 e. The van der Waals surface area contributed by atoms with Crippen molar-refractivity contribution < 1.29 is 9.47 Å². The summed E-state index contributed by atoms with van der Waals surface area (Å²) in [5, 5.41) is 5.73. The molecule has 0 saturated carbocycles. The van der Waals surface area contributed by atoms with E-state index in [4.69, 9.17) is 9.47 Å². The zero-order valence-electron chi connectivity index (χ0n) is 12.0. The highest BCUT2D eigenvalue weighted by Crippen LogP contribution is 2.31. The van der Waals surface area contributed by atoms with Gasteiger partial charge in [0.25, 0.3) is 0 Å². The highest BCUT2D eigenvalue weighted by molar-refractivity contribution is 7.10. The van der Waals surface area contributed by atoms with Crippen LogP contribution in [0.15, 0.2) is 11.4 Å². The van der Waals surface area contributed by atoms with Gasteiger partial charge >= 0.3 is 0 Å². The van der Waals surface area contributed by atoms with Crippen molar-refractivity contribution in [3.8, 4) is 5.75 Å². The molecule has 1 aromatic heterocycles. The number of hydrogen-bond donors (Lipinski definition) is 1. The first-order valence-corrected chi connectivity index (χ1v) is 8.19. The van der Waals surface area contributed by atoms with E-state index >= 15 is 0 Å². The summed E-state index contributed by atoms with van der Waals surface area (Å²) in [6.45, 7) is 4.22. The van der Waals surface area contributed by atoms with E-state index in [0.29, 0.717) is 12.1 Å². The summed E-state index contributed by atoms with van der Waals surface area (Å²) in [5.74, 6) is 0.973. The van der Waals surface area contributed by atoms with Gasteiger partial charge in [-0.1, -0.05) is 6.92 Å². The fourth-order valence-electron chi connectivity index (χ4n) is 2.51. The Bertz CT molecular complexity index is 361. The number of ether oxygens (including phenoxy) is 2. The summed E-state index contributed by atoms with van der Waals surface area (Å²) < 4.78 is 11.0. The van der Waals surface area contributed by atoms with Crippen molar-refractivity contribution in [2.75, 3.05) is 20.3 Å². The van der Waals surface area contributed by atoms with Crippen LogP contribution in [0.25, 0.3) is 0 Å². The zero-order chi connectivity index (χ0) is 13.5. The van der Waals surface area contributed by atoms with Gasteiger partial charge in [-0.05, 0) is 44.7 Å². The van der Waals surface area contributed by atoms with E-state index in [9.17, 15) is 0 Å². The summed E-state index contributed by atoms with van der Waals surface area (Å²) in [5.41, 5.74) is 0. The van der Waals surface area contributed by atoms with Crippen LogP contribution in [0, 0.1) is 0 Å². The van der Waals surface area contributed by atoms with Crippen LogP contribution in [0.3, 0.4) is 0 Å². The maximum absolute atomic E-state index is 5.72. The molecule has 1 saturated heterocycles. The first-order chi connectivity index (χ1) is 9.33. The number of nitrogens with one attached hydrogen (secondary N) is 1. The van der Waals surface area contributed by atoms with Crippen molar-refractivity contribution in [3.63, 3.8) is 0 Å². The van der Waals surface area contributed by atoms with Crippen molar-refractivity contribution in [1.29, 1.82) is 0 Å². The first-order valence-electron chi connectivity index (χ1n) is 7.31. The van der Waals surface area contributed by atoms with E-state index in [2.05, 4.69) is 23.7 Å². The third-order valence-corrected chi connectivity index (χ3v) is 4.64. The topological polar surface area (TPSA) is 30.5 Å². The van der Waals surface area contributed by atoms with Gasteiger partial charge in [-0.25, -0.2) is 0 Å². The molecular weight excluding hydrogens is 258 g/mol. The average molecular weight is 283 g/mol. The van der Waals surface area contributed by atoms with Crippen molar-refractivity contribution in [2.45, 2.75) is 51.2 Å². The second kappa shape index (κ2) is 7.88. The molecule has 1 aromatic rings. The Morgan fingerprint density at radius 2 is 2.47 bits per heavy atom. The molecule has 2 unspecified atom stereocenters. The quantitative estimate of drug-likeness (QED) is 0.788. The fraction of sp³-hybridized carbons (Fsp3) is 0.733. The molecule has 2 heterocycles. The van der Waals surface area contributed by atoms with E-state index in [1.54, 1.807) is 18.4 Å². The van der Waals surface area contributed by atoms with E-state index in [0.717, 1.165) is 31.7 Å². The number of thiophene rings is 1. The summed E-state index contributed by atoms with van der Waals surface area (Å²) in [7, 11) is 1.73. The van der Waals surface area contributed by atoms with E-state index < -0.39 is 0 Å². The van der Waals surface area contributed by atoms with Gasteiger partial charge in [-0.15, -0.1) is 11.3 Å². The maximum atomic E-state index is 5.72. The van der Waals surface area contributed by atoms with Crippen LogP contribution in [-0.4, -0.2) is 26.4 Å². The first kappa shape index (κ1) is 14.8. The average Bonchev–Trinajstić information content (AvgIpc) is 3.09. The predicted octanol–water partition coefficient (Wildman–Crippen LogP) is 3.76. The summed E-state index contributed by atoms with van der Waals surface area (Å²) in [6, 6.07) is 2.60. The normalized spacial score (nSPS) is 20.6. The molecule has 0 aliphatic carbocycles. The Morgan fingerprint density at radius 1 is 1.58 bits per heavy atom. The molecular formula is C15H25NO2S. The highest BCUT2D eigenvalue weighted by Gasteiger charge is 2.19. The van der Waals surface area contributed by atoms with Crippen LogP contribution in [0.2, 0.25) is 0 Å². The third kappa shape index (κ3) is 4.48. The number of rotatable bonds is 8. The molecule has 1 aliphatic rings. The molecule has 0 radical (unpaired) electrons. The van der Waals surface area contributed by atoms with Crippen molar-refractivity contribution in [3.05, 3.63) is 16.3 Å². The van der Waals surface area contributed by atoms with Crippen LogP contribution in [0.5, 0.6) is 5.75 Å². The SMILES string of the molecule is CCCNC(CCC1CCCO1)c1cc(OC)cs1. The summed E-state index contributed by atoms with van der Waals surface area (Å²) in [4.78, 5) is 1.38. The van der Waals surface area contributed by atoms with Crippen molar-refractivity contribution in [2.24, 2.45) is 0 Å². The van der Waals surface area contributed by atoms with Crippen LogP contribution < -0.4 is 10.1 Å². The molecule has 1 aliphatic heterocycles. The fourth-order valence-corrected chi connectivity index (χ4v) is 3.48. The minimum atomic E-state index is 0.443. The largest absolute Gasteiger partial charge is 0.496 e. The van der Waals surface area contributed by atoms with E-state index in [1.165, 1.54) is 24.1 Å². The summed E-state index contributed by atoms with van der Waals surface area (Å²) >= 11 is 1.79. The Labute approximate surface area is 120 Å². The minimum absolute atomic E-state index is 0.443. The highest BCUT2D eigenvalue weighted by atomic mass is 32.1. The second-order valence-electron chi connectivity index (χ2n) is 5.11. The number of hydrogen-bond acceptors (Lipinski definition) is 4. The Hall–Kier alpha value is -0.580. The van der Waals surface area contributed by atoms with Crippen LogP contribution in [0.1, 0.15) is 49.9 Å². The molecule has 4 heteroatoms. The molecule has 0 bridgehead atoms. The standard InChI is InChI=1S/C15H25NO2S/c1-3-8-16-14(7-6-12-5-4-9-18-12)15-10-13(17-2)11-19-15/h10-12,14,16H,3-9H2,1-2H3. The molecule has 0 aromatic carbocycles. The van der Waals surface area contributed by atoms with Gasteiger partial charge in [0.2, 0.25) is 0 Å². The molecule has 3 nitrogen and oxygen atoms in total. The lowest BCUT2D eigenvalue weighted by atomic mass is 10.0. The van der Waals surface area contributed by atoms with E-state index in [1.807, 2.05) is 0 Å². The smallest absolute Gasteiger partial charge is 0.129 e. The maximum Gasteiger partial charge on any atom is 0.129 e. The predicted molar refractivity (Wildman–Crippen MR) is 80.1 cm³/mol. The van der Waals surface area contributed by atoms with Gasteiger partial charge in [-0.3, -0.25) is 0 Å². The van der Waals surface area contributed by atoms with E-state index in [-0.39, 0.29) is 0 Å². The monoisotopic (exact) mass is 283 g/mol. The molecule has 0 spiro atoms.